The van der Waals surface area contributed by atoms with Gasteiger partial charge >= 0.3 is 0 Å². The van der Waals surface area contributed by atoms with Crippen LogP contribution in [0.25, 0.3) is 0 Å². The van der Waals surface area contributed by atoms with Gasteiger partial charge in [0.1, 0.15) is 0 Å². The van der Waals surface area contributed by atoms with Crippen LogP contribution < -0.4 is 5.73 Å². The van der Waals surface area contributed by atoms with Gasteiger partial charge in [0.05, 0.1) is 6.10 Å². The molecule has 0 spiro atoms. The Morgan fingerprint density at radius 3 is 2.54 bits per heavy atom. The van der Waals surface area contributed by atoms with Crippen molar-refractivity contribution in [1.29, 1.82) is 0 Å². The molecule has 0 saturated heterocycles. The van der Waals surface area contributed by atoms with Crippen LogP contribution in [0, 0.1) is 11.6 Å². The van der Waals surface area contributed by atoms with E-state index >= 15 is 0 Å². The molecule has 0 fully saturated rings. The lowest BCUT2D eigenvalue weighted by atomic mass is 10.1. The number of phenolic OH excluding ortho intramolecular Hbond substituents is 1. The molecular formula is C8H9F2NO2. The van der Waals surface area contributed by atoms with Crippen LogP contribution in [-0.2, 0) is 0 Å². The first kappa shape index (κ1) is 9.88. The predicted molar refractivity (Wildman–Crippen MR) is 42.0 cm³/mol. The summed E-state index contributed by atoms with van der Waals surface area (Å²) in [6.07, 6.45) is -1.19. The van der Waals surface area contributed by atoms with Crippen molar-refractivity contribution >= 4 is 0 Å². The number of phenols is 1. The van der Waals surface area contributed by atoms with Crippen molar-refractivity contribution in [2.75, 3.05) is 6.54 Å². The van der Waals surface area contributed by atoms with Crippen molar-refractivity contribution in [2.45, 2.75) is 6.10 Å². The monoisotopic (exact) mass is 189 g/mol. The summed E-state index contributed by atoms with van der Waals surface area (Å²) in [6.45, 7) is -0.168. The van der Waals surface area contributed by atoms with E-state index in [2.05, 4.69) is 0 Å². The third-order valence-corrected chi connectivity index (χ3v) is 1.68. The maximum absolute atomic E-state index is 12.7. The minimum atomic E-state index is -1.37. The van der Waals surface area contributed by atoms with E-state index in [0.29, 0.717) is 0 Å². The molecule has 13 heavy (non-hydrogen) atoms. The first-order valence-corrected chi connectivity index (χ1v) is 3.63. The maximum Gasteiger partial charge on any atom is 0.200 e. The molecule has 1 rings (SSSR count). The third-order valence-electron chi connectivity index (χ3n) is 1.68. The van der Waals surface area contributed by atoms with Gasteiger partial charge in [-0.25, -0.2) is 4.39 Å². The van der Waals surface area contributed by atoms with E-state index in [4.69, 9.17) is 15.9 Å². The minimum Gasteiger partial charge on any atom is -0.504 e. The second-order valence-corrected chi connectivity index (χ2v) is 2.55. The van der Waals surface area contributed by atoms with Crippen LogP contribution in [-0.4, -0.2) is 16.8 Å². The quantitative estimate of drug-likeness (QED) is 0.640. The van der Waals surface area contributed by atoms with Crippen LogP contribution in [0.3, 0.4) is 0 Å². The van der Waals surface area contributed by atoms with Gasteiger partial charge in [-0.3, -0.25) is 0 Å². The molecule has 0 radical (unpaired) electrons. The molecule has 1 aromatic rings. The first-order chi connectivity index (χ1) is 6.07. The lowest BCUT2D eigenvalue weighted by molar-refractivity contribution is 0.181. The van der Waals surface area contributed by atoms with Gasteiger partial charge < -0.3 is 15.9 Å². The number of nitrogens with two attached hydrogens (primary N) is 1. The zero-order valence-corrected chi connectivity index (χ0v) is 6.67. The normalized spacial score (nSPS) is 12.9. The number of benzene rings is 1. The molecule has 0 aliphatic carbocycles. The van der Waals surface area contributed by atoms with E-state index in [1.165, 1.54) is 0 Å². The highest BCUT2D eigenvalue weighted by atomic mass is 19.2. The summed E-state index contributed by atoms with van der Waals surface area (Å²) < 4.78 is 25.2. The standard InChI is InChI=1S/C8H9F2NO2/c9-5-2-1-4(6(12)3-11)8(13)7(5)10/h1-2,6,12-13H,3,11H2. The molecule has 5 heteroatoms. The Morgan fingerprint density at radius 2 is 2.00 bits per heavy atom. The largest absolute Gasteiger partial charge is 0.504 e. The smallest absolute Gasteiger partial charge is 0.200 e. The molecule has 0 aliphatic rings. The van der Waals surface area contributed by atoms with Crippen molar-refractivity contribution in [1.82, 2.24) is 0 Å². The molecule has 72 valence electrons. The summed E-state index contributed by atoms with van der Waals surface area (Å²) >= 11 is 0. The Bertz CT molecular complexity index is 317. The average molecular weight is 189 g/mol. The molecule has 0 amide bonds. The van der Waals surface area contributed by atoms with E-state index in [1.807, 2.05) is 0 Å². The van der Waals surface area contributed by atoms with Crippen LogP contribution in [0.1, 0.15) is 11.7 Å². The summed E-state index contributed by atoms with van der Waals surface area (Å²) in [4.78, 5) is 0. The van der Waals surface area contributed by atoms with Crippen LogP contribution in [0.4, 0.5) is 8.78 Å². The lowest BCUT2D eigenvalue weighted by Gasteiger charge is -2.10. The average Bonchev–Trinajstić information content (AvgIpc) is 2.13. The molecule has 0 saturated carbocycles. The van der Waals surface area contributed by atoms with Gasteiger partial charge in [0.25, 0.3) is 0 Å². The summed E-state index contributed by atoms with van der Waals surface area (Å²) in [5, 5.41) is 18.2. The number of aliphatic hydroxyl groups excluding tert-OH is 1. The van der Waals surface area contributed by atoms with Gasteiger partial charge in [-0.15, -0.1) is 0 Å². The fraction of sp³-hybridized carbons (Fsp3) is 0.250. The molecule has 0 aliphatic heterocycles. The van der Waals surface area contributed by atoms with Crippen LogP contribution >= 0.6 is 0 Å². The Balaban J connectivity index is 3.18. The van der Waals surface area contributed by atoms with Crippen molar-refractivity contribution in [3.8, 4) is 5.75 Å². The fourth-order valence-electron chi connectivity index (χ4n) is 0.951. The van der Waals surface area contributed by atoms with Gasteiger partial charge in [0, 0.05) is 12.1 Å². The van der Waals surface area contributed by atoms with E-state index in [9.17, 15) is 8.78 Å². The number of rotatable bonds is 2. The number of hydrogen-bond donors (Lipinski definition) is 3. The van der Waals surface area contributed by atoms with Gasteiger partial charge in [0.2, 0.25) is 5.82 Å². The van der Waals surface area contributed by atoms with E-state index < -0.39 is 23.5 Å². The molecular weight excluding hydrogens is 180 g/mol. The Hall–Kier alpha value is -1.20. The van der Waals surface area contributed by atoms with Crippen molar-refractivity contribution in [3.05, 3.63) is 29.3 Å². The van der Waals surface area contributed by atoms with Crippen LogP contribution in [0.15, 0.2) is 12.1 Å². The number of halogens is 2. The topological polar surface area (TPSA) is 66.5 Å². The van der Waals surface area contributed by atoms with E-state index in [-0.39, 0.29) is 12.1 Å². The van der Waals surface area contributed by atoms with Crippen molar-refractivity contribution in [2.24, 2.45) is 5.73 Å². The van der Waals surface area contributed by atoms with Crippen LogP contribution in [0.5, 0.6) is 5.75 Å². The van der Waals surface area contributed by atoms with Gasteiger partial charge in [-0.05, 0) is 12.1 Å². The first-order valence-electron chi connectivity index (χ1n) is 3.63. The fourth-order valence-corrected chi connectivity index (χ4v) is 0.951. The summed E-state index contributed by atoms with van der Waals surface area (Å²) in [7, 11) is 0. The molecule has 3 nitrogen and oxygen atoms in total. The van der Waals surface area contributed by atoms with E-state index in [1.54, 1.807) is 0 Å². The zero-order valence-electron chi connectivity index (χ0n) is 6.67. The summed E-state index contributed by atoms with van der Waals surface area (Å²) in [5.74, 6) is -3.42. The number of aromatic hydroxyl groups is 1. The Morgan fingerprint density at radius 1 is 1.38 bits per heavy atom. The van der Waals surface area contributed by atoms with Gasteiger partial charge in [0.15, 0.2) is 11.6 Å². The highest BCUT2D eigenvalue weighted by Crippen LogP contribution is 2.27. The van der Waals surface area contributed by atoms with Gasteiger partial charge in [-0.2, -0.15) is 4.39 Å². The highest BCUT2D eigenvalue weighted by molar-refractivity contribution is 5.36. The second-order valence-electron chi connectivity index (χ2n) is 2.55. The molecule has 0 heterocycles. The Labute approximate surface area is 73.4 Å². The molecule has 0 aromatic heterocycles. The molecule has 1 atom stereocenters. The molecule has 0 bridgehead atoms. The highest BCUT2D eigenvalue weighted by Gasteiger charge is 2.16. The van der Waals surface area contributed by atoms with Crippen LogP contribution in [0.2, 0.25) is 0 Å². The van der Waals surface area contributed by atoms with Gasteiger partial charge in [-0.1, -0.05) is 0 Å². The molecule has 4 N–H and O–H groups in total. The minimum absolute atomic E-state index is 0.110. The summed E-state index contributed by atoms with van der Waals surface area (Å²) in [6, 6.07) is 1.91. The maximum atomic E-state index is 12.7. The third kappa shape index (κ3) is 1.76. The van der Waals surface area contributed by atoms with Crippen molar-refractivity contribution in [3.63, 3.8) is 0 Å². The Kier molecular flexibility index (Phi) is 2.79. The van der Waals surface area contributed by atoms with Crippen molar-refractivity contribution < 1.29 is 19.0 Å². The molecule has 1 aromatic carbocycles. The lowest BCUT2D eigenvalue weighted by Crippen LogP contribution is -2.12. The SMILES string of the molecule is NCC(O)c1ccc(F)c(F)c1O. The van der Waals surface area contributed by atoms with E-state index in [0.717, 1.165) is 12.1 Å². The number of hydrogen-bond acceptors (Lipinski definition) is 3. The zero-order chi connectivity index (χ0) is 10.0. The molecule has 1 unspecified atom stereocenters. The second kappa shape index (κ2) is 3.68. The predicted octanol–water partition coefficient (Wildman–Crippen LogP) is 0.662. The summed E-state index contributed by atoms with van der Waals surface area (Å²) in [5.41, 5.74) is 4.97. The number of aliphatic hydroxyl groups is 1.